The van der Waals surface area contributed by atoms with E-state index >= 15 is 0 Å². The molecule has 1 fully saturated rings. The first-order valence-electron chi connectivity index (χ1n) is 7.73. The van der Waals surface area contributed by atoms with Gasteiger partial charge in [-0.3, -0.25) is 4.90 Å². The van der Waals surface area contributed by atoms with Crippen molar-refractivity contribution < 1.29 is 4.74 Å². The fourth-order valence-corrected chi connectivity index (χ4v) is 3.43. The summed E-state index contributed by atoms with van der Waals surface area (Å²) in [6.45, 7) is 3.72. The standard InChI is InChI=1S/C18H24N2O/c1-21-13-14-8-9-20(12-14)18(11-19)17-7-6-15-4-2-3-5-16(15)10-17/h2-7,10,14,18H,8-9,11-13,19H2,1H3. The van der Waals surface area contributed by atoms with Crippen LogP contribution in [0.1, 0.15) is 18.0 Å². The van der Waals surface area contributed by atoms with Crippen molar-refractivity contribution in [1.29, 1.82) is 0 Å². The van der Waals surface area contributed by atoms with Gasteiger partial charge in [0.15, 0.2) is 0 Å². The third-order valence-electron chi connectivity index (χ3n) is 4.54. The molecule has 2 atom stereocenters. The Hall–Kier alpha value is -1.42. The summed E-state index contributed by atoms with van der Waals surface area (Å²) in [7, 11) is 1.78. The van der Waals surface area contributed by atoms with E-state index in [4.69, 9.17) is 10.5 Å². The average Bonchev–Trinajstić information content (AvgIpc) is 2.97. The van der Waals surface area contributed by atoms with Crippen molar-refractivity contribution in [1.82, 2.24) is 4.90 Å². The quantitative estimate of drug-likeness (QED) is 0.917. The van der Waals surface area contributed by atoms with Crippen molar-refractivity contribution in [3.8, 4) is 0 Å². The van der Waals surface area contributed by atoms with Gasteiger partial charge in [0.05, 0.1) is 6.61 Å². The van der Waals surface area contributed by atoms with Gasteiger partial charge in [0.25, 0.3) is 0 Å². The van der Waals surface area contributed by atoms with Gasteiger partial charge >= 0.3 is 0 Å². The Morgan fingerprint density at radius 1 is 1.24 bits per heavy atom. The zero-order chi connectivity index (χ0) is 14.7. The van der Waals surface area contributed by atoms with Gasteiger partial charge in [-0.15, -0.1) is 0 Å². The molecule has 0 bridgehead atoms. The van der Waals surface area contributed by atoms with Crippen LogP contribution < -0.4 is 5.73 Å². The number of fused-ring (bicyclic) bond motifs is 1. The summed E-state index contributed by atoms with van der Waals surface area (Å²) < 4.78 is 5.29. The second kappa shape index (κ2) is 6.56. The summed E-state index contributed by atoms with van der Waals surface area (Å²) in [5.74, 6) is 0.643. The van der Waals surface area contributed by atoms with Crippen LogP contribution in [-0.4, -0.2) is 38.3 Å². The van der Waals surface area contributed by atoms with Crippen LogP contribution in [0.2, 0.25) is 0 Å². The number of methoxy groups -OCH3 is 1. The number of benzene rings is 2. The van der Waals surface area contributed by atoms with E-state index in [9.17, 15) is 0 Å². The highest BCUT2D eigenvalue weighted by atomic mass is 16.5. The van der Waals surface area contributed by atoms with Gasteiger partial charge in [-0.1, -0.05) is 36.4 Å². The summed E-state index contributed by atoms with van der Waals surface area (Å²) in [4.78, 5) is 2.51. The van der Waals surface area contributed by atoms with Crippen LogP contribution in [0.3, 0.4) is 0 Å². The summed E-state index contributed by atoms with van der Waals surface area (Å²) in [6, 6.07) is 15.5. The van der Waals surface area contributed by atoms with Gasteiger partial charge in [-0.25, -0.2) is 0 Å². The van der Waals surface area contributed by atoms with Crippen molar-refractivity contribution in [2.45, 2.75) is 12.5 Å². The number of hydrogen-bond acceptors (Lipinski definition) is 3. The molecule has 1 aliphatic rings. The SMILES string of the molecule is COCC1CCN(C(CN)c2ccc3ccccc3c2)C1. The number of nitrogens with zero attached hydrogens (tertiary/aromatic N) is 1. The molecule has 0 saturated carbocycles. The van der Waals surface area contributed by atoms with E-state index in [1.54, 1.807) is 7.11 Å². The topological polar surface area (TPSA) is 38.5 Å². The van der Waals surface area contributed by atoms with Gasteiger partial charge in [-0.05, 0) is 41.3 Å². The minimum Gasteiger partial charge on any atom is -0.384 e. The largest absolute Gasteiger partial charge is 0.384 e. The minimum atomic E-state index is 0.316. The molecule has 112 valence electrons. The molecule has 0 aromatic heterocycles. The van der Waals surface area contributed by atoms with E-state index in [0.29, 0.717) is 18.5 Å². The highest BCUT2D eigenvalue weighted by Crippen LogP contribution is 2.29. The Labute approximate surface area is 126 Å². The molecular weight excluding hydrogens is 260 g/mol. The van der Waals surface area contributed by atoms with Crippen molar-refractivity contribution in [3.05, 3.63) is 48.0 Å². The lowest BCUT2D eigenvalue weighted by atomic mass is 10.0. The maximum Gasteiger partial charge on any atom is 0.0503 e. The summed E-state index contributed by atoms with van der Waals surface area (Å²) in [6.07, 6.45) is 1.21. The van der Waals surface area contributed by atoms with Gasteiger partial charge in [0, 0.05) is 26.2 Å². The maximum atomic E-state index is 6.08. The van der Waals surface area contributed by atoms with Gasteiger partial charge in [0.1, 0.15) is 0 Å². The van der Waals surface area contributed by atoms with E-state index < -0.39 is 0 Å². The maximum absolute atomic E-state index is 6.08. The first-order chi connectivity index (χ1) is 10.3. The number of nitrogens with two attached hydrogens (primary N) is 1. The van der Waals surface area contributed by atoms with Crippen LogP contribution in [0, 0.1) is 5.92 Å². The summed E-state index contributed by atoms with van der Waals surface area (Å²) >= 11 is 0. The number of hydrogen-bond donors (Lipinski definition) is 1. The number of ether oxygens (including phenoxy) is 1. The molecule has 2 aromatic rings. The smallest absolute Gasteiger partial charge is 0.0503 e. The van der Waals surface area contributed by atoms with Gasteiger partial charge < -0.3 is 10.5 Å². The molecule has 1 aliphatic heterocycles. The number of likely N-dealkylation sites (tertiary alicyclic amines) is 1. The van der Waals surface area contributed by atoms with Crippen molar-refractivity contribution in [3.63, 3.8) is 0 Å². The molecule has 21 heavy (non-hydrogen) atoms. The first kappa shape index (κ1) is 14.5. The van der Waals surface area contributed by atoms with Crippen LogP contribution in [0.15, 0.2) is 42.5 Å². The second-order valence-corrected chi connectivity index (χ2v) is 5.96. The van der Waals surface area contributed by atoms with Crippen LogP contribution in [-0.2, 0) is 4.74 Å². The summed E-state index contributed by atoms with van der Waals surface area (Å²) in [5.41, 5.74) is 7.40. The zero-order valence-electron chi connectivity index (χ0n) is 12.7. The predicted octanol–water partition coefficient (Wildman–Crippen LogP) is 2.81. The normalized spacial score (nSPS) is 21.0. The van der Waals surface area contributed by atoms with Crippen molar-refractivity contribution in [2.24, 2.45) is 11.7 Å². The Morgan fingerprint density at radius 2 is 2.05 bits per heavy atom. The molecule has 3 heteroatoms. The molecule has 2 N–H and O–H groups in total. The highest BCUT2D eigenvalue weighted by molar-refractivity contribution is 5.83. The van der Waals surface area contributed by atoms with Crippen molar-refractivity contribution >= 4 is 10.8 Å². The van der Waals surface area contributed by atoms with Gasteiger partial charge in [-0.2, -0.15) is 0 Å². The molecule has 3 nitrogen and oxygen atoms in total. The van der Waals surface area contributed by atoms with E-state index in [1.165, 1.54) is 22.8 Å². The van der Waals surface area contributed by atoms with Gasteiger partial charge in [0.2, 0.25) is 0 Å². The highest BCUT2D eigenvalue weighted by Gasteiger charge is 2.28. The molecule has 0 amide bonds. The van der Waals surface area contributed by atoms with Crippen LogP contribution in [0.25, 0.3) is 10.8 Å². The van der Waals surface area contributed by atoms with E-state index in [-0.39, 0.29) is 0 Å². The van der Waals surface area contributed by atoms with Crippen LogP contribution in [0.4, 0.5) is 0 Å². The Balaban J connectivity index is 1.81. The molecule has 3 rings (SSSR count). The second-order valence-electron chi connectivity index (χ2n) is 5.96. The Kier molecular flexibility index (Phi) is 4.54. The van der Waals surface area contributed by atoms with E-state index in [2.05, 4.69) is 47.4 Å². The fraction of sp³-hybridized carbons (Fsp3) is 0.444. The molecule has 0 spiro atoms. The Morgan fingerprint density at radius 3 is 2.81 bits per heavy atom. The fourth-order valence-electron chi connectivity index (χ4n) is 3.43. The van der Waals surface area contributed by atoms with Crippen LogP contribution in [0.5, 0.6) is 0 Å². The average molecular weight is 284 g/mol. The van der Waals surface area contributed by atoms with Crippen LogP contribution >= 0.6 is 0 Å². The molecule has 1 heterocycles. The third kappa shape index (κ3) is 3.10. The third-order valence-corrected chi connectivity index (χ3v) is 4.54. The first-order valence-corrected chi connectivity index (χ1v) is 7.73. The monoisotopic (exact) mass is 284 g/mol. The molecule has 0 radical (unpaired) electrons. The van der Waals surface area contributed by atoms with E-state index in [0.717, 1.165) is 19.7 Å². The van der Waals surface area contributed by atoms with Crippen molar-refractivity contribution in [2.75, 3.05) is 33.4 Å². The molecule has 2 unspecified atom stereocenters. The molecular formula is C18H24N2O. The molecule has 1 saturated heterocycles. The lowest BCUT2D eigenvalue weighted by Crippen LogP contribution is -2.32. The summed E-state index contributed by atoms with van der Waals surface area (Å²) in [5, 5.41) is 2.58. The minimum absolute atomic E-state index is 0.316. The zero-order valence-corrected chi connectivity index (χ0v) is 12.7. The Bertz CT molecular complexity index is 599. The van der Waals surface area contributed by atoms with E-state index in [1.807, 2.05) is 0 Å². The lowest BCUT2D eigenvalue weighted by molar-refractivity contribution is 0.147. The predicted molar refractivity (Wildman–Crippen MR) is 87.3 cm³/mol. The molecule has 2 aromatic carbocycles. The molecule has 0 aliphatic carbocycles. The lowest BCUT2D eigenvalue weighted by Gasteiger charge is -2.27. The number of rotatable bonds is 5.